The molecule has 0 spiro atoms. The van der Waals surface area contributed by atoms with E-state index < -0.39 is 0 Å². The Bertz CT molecular complexity index is 524. The fraction of sp³-hybridized carbons (Fsp3) is 0.429. The zero-order valence-electron chi connectivity index (χ0n) is 11.3. The minimum atomic E-state index is -0.301. The Kier molecular flexibility index (Phi) is 4.63. The molecule has 2 heterocycles. The molecule has 0 aromatic carbocycles. The van der Waals surface area contributed by atoms with Gasteiger partial charge in [-0.25, -0.2) is 4.39 Å². The van der Waals surface area contributed by atoms with Gasteiger partial charge in [-0.3, -0.25) is 9.67 Å². The molecule has 0 amide bonds. The van der Waals surface area contributed by atoms with Crippen molar-refractivity contribution in [3.8, 4) is 0 Å². The number of hydrogen-bond donors (Lipinski definition) is 1. The molecule has 0 aliphatic rings. The van der Waals surface area contributed by atoms with Gasteiger partial charge in [0.2, 0.25) is 0 Å². The third kappa shape index (κ3) is 3.61. The van der Waals surface area contributed by atoms with Crippen molar-refractivity contribution in [2.24, 2.45) is 0 Å². The molecule has 1 unspecified atom stereocenters. The lowest BCUT2D eigenvalue weighted by Crippen LogP contribution is -2.23. The molecule has 2 rings (SSSR count). The van der Waals surface area contributed by atoms with Crippen molar-refractivity contribution in [1.29, 1.82) is 0 Å². The van der Waals surface area contributed by atoms with Crippen LogP contribution in [0.3, 0.4) is 0 Å². The van der Waals surface area contributed by atoms with Crippen LogP contribution in [0.25, 0.3) is 0 Å². The highest BCUT2D eigenvalue weighted by Crippen LogP contribution is 2.18. The van der Waals surface area contributed by atoms with Crippen LogP contribution in [0.15, 0.2) is 30.9 Å². The van der Waals surface area contributed by atoms with Gasteiger partial charge in [-0.2, -0.15) is 5.10 Å². The number of halogens is 1. The average molecular weight is 262 g/mol. The first-order valence-electron chi connectivity index (χ1n) is 6.58. The highest BCUT2D eigenvalue weighted by atomic mass is 19.1. The molecule has 19 heavy (non-hydrogen) atoms. The van der Waals surface area contributed by atoms with Crippen molar-refractivity contribution in [1.82, 2.24) is 20.1 Å². The molecular formula is C14H19FN4. The van der Waals surface area contributed by atoms with E-state index in [1.165, 1.54) is 12.3 Å². The number of rotatable bonds is 6. The molecule has 1 N–H and O–H groups in total. The van der Waals surface area contributed by atoms with Crippen molar-refractivity contribution in [3.05, 3.63) is 47.8 Å². The normalized spacial score (nSPS) is 12.6. The molecule has 0 aliphatic carbocycles. The summed E-state index contributed by atoms with van der Waals surface area (Å²) in [6.45, 7) is 5.76. The van der Waals surface area contributed by atoms with E-state index in [1.54, 1.807) is 6.20 Å². The molecule has 4 nitrogen and oxygen atoms in total. The number of aryl methyl sites for hydroxylation is 1. The second kappa shape index (κ2) is 6.43. The van der Waals surface area contributed by atoms with Crippen molar-refractivity contribution in [2.75, 3.05) is 6.54 Å². The second-order valence-corrected chi connectivity index (χ2v) is 4.46. The Morgan fingerprint density at radius 2 is 2.16 bits per heavy atom. The smallest absolute Gasteiger partial charge is 0.141 e. The monoisotopic (exact) mass is 262 g/mol. The van der Waals surface area contributed by atoms with Crippen LogP contribution < -0.4 is 5.32 Å². The summed E-state index contributed by atoms with van der Waals surface area (Å²) in [5.41, 5.74) is 2.00. The summed E-state index contributed by atoms with van der Waals surface area (Å²) in [5, 5.41) is 7.62. The highest BCUT2D eigenvalue weighted by Gasteiger charge is 2.13. The molecule has 1 atom stereocenters. The molecule has 2 aromatic rings. The fourth-order valence-corrected chi connectivity index (χ4v) is 2.09. The lowest BCUT2D eigenvalue weighted by atomic mass is 10.0. The van der Waals surface area contributed by atoms with E-state index in [0.29, 0.717) is 0 Å². The second-order valence-electron chi connectivity index (χ2n) is 4.46. The average Bonchev–Trinajstić information content (AvgIpc) is 2.86. The Labute approximate surface area is 112 Å². The van der Waals surface area contributed by atoms with Crippen molar-refractivity contribution < 1.29 is 4.39 Å². The van der Waals surface area contributed by atoms with Crippen molar-refractivity contribution >= 4 is 0 Å². The molecule has 0 fully saturated rings. The van der Waals surface area contributed by atoms with Gasteiger partial charge in [0.25, 0.3) is 0 Å². The number of nitrogens with one attached hydrogen (secondary N) is 1. The molecule has 2 aromatic heterocycles. The van der Waals surface area contributed by atoms with Crippen LogP contribution in [0, 0.1) is 5.82 Å². The topological polar surface area (TPSA) is 42.7 Å². The maximum absolute atomic E-state index is 13.3. The van der Waals surface area contributed by atoms with Gasteiger partial charge in [0.15, 0.2) is 0 Å². The number of pyridine rings is 1. The number of hydrogen-bond acceptors (Lipinski definition) is 3. The molecule has 0 aliphatic heterocycles. The van der Waals surface area contributed by atoms with Gasteiger partial charge in [0.05, 0.1) is 12.4 Å². The minimum Gasteiger partial charge on any atom is -0.310 e. The minimum absolute atomic E-state index is 0.0581. The molecule has 102 valence electrons. The first-order valence-corrected chi connectivity index (χ1v) is 6.58. The molecule has 0 radical (unpaired) electrons. The van der Waals surface area contributed by atoms with Crippen LogP contribution in [0.2, 0.25) is 0 Å². The van der Waals surface area contributed by atoms with E-state index in [-0.39, 0.29) is 11.9 Å². The SMILES string of the molecule is CCNC(Cc1cnn(CC)c1)c1cncc(F)c1. The summed E-state index contributed by atoms with van der Waals surface area (Å²) in [6.07, 6.45) is 7.60. The van der Waals surface area contributed by atoms with E-state index in [1.807, 2.05) is 24.0 Å². The van der Waals surface area contributed by atoms with Crippen LogP contribution >= 0.6 is 0 Å². The predicted octanol–water partition coefficient (Wildman–Crippen LogP) is 2.33. The standard InChI is InChI=1S/C14H19FN4/c1-3-17-14(12-6-13(15)9-16-8-12)5-11-7-18-19(4-2)10-11/h6-10,14,17H,3-5H2,1-2H3. The van der Waals surface area contributed by atoms with E-state index in [0.717, 1.165) is 30.6 Å². The zero-order valence-corrected chi connectivity index (χ0v) is 11.3. The van der Waals surface area contributed by atoms with Crippen LogP contribution in [-0.4, -0.2) is 21.3 Å². The van der Waals surface area contributed by atoms with Gasteiger partial charge in [0.1, 0.15) is 5.82 Å². The van der Waals surface area contributed by atoms with Gasteiger partial charge >= 0.3 is 0 Å². The van der Waals surface area contributed by atoms with Crippen LogP contribution in [-0.2, 0) is 13.0 Å². The Morgan fingerprint density at radius 1 is 1.32 bits per heavy atom. The van der Waals surface area contributed by atoms with Gasteiger partial charge < -0.3 is 5.32 Å². The highest BCUT2D eigenvalue weighted by molar-refractivity contribution is 5.19. The summed E-state index contributed by atoms with van der Waals surface area (Å²) < 4.78 is 15.1. The van der Waals surface area contributed by atoms with Gasteiger partial charge in [-0.15, -0.1) is 0 Å². The van der Waals surface area contributed by atoms with Crippen LogP contribution in [0.1, 0.15) is 31.0 Å². The maximum Gasteiger partial charge on any atom is 0.141 e. The van der Waals surface area contributed by atoms with Crippen molar-refractivity contribution in [2.45, 2.75) is 32.9 Å². The Balaban J connectivity index is 2.15. The molecule has 5 heteroatoms. The Morgan fingerprint density at radius 3 is 2.79 bits per heavy atom. The largest absolute Gasteiger partial charge is 0.310 e. The summed E-state index contributed by atoms with van der Waals surface area (Å²) in [5.74, 6) is -0.301. The number of likely N-dealkylation sites (N-methyl/N-ethyl adjacent to an activating group) is 1. The fourth-order valence-electron chi connectivity index (χ4n) is 2.09. The summed E-state index contributed by atoms with van der Waals surface area (Å²) in [6, 6.07) is 1.59. The lowest BCUT2D eigenvalue weighted by Gasteiger charge is -2.17. The summed E-state index contributed by atoms with van der Waals surface area (Å²) >= 11 is 0. The zero-order chi connectivity index (χ0) is 13.7. The molecular weight excluding hydrogens is 243 g/mol. The van der Waals surface area contributed by atoms with E-state index >= 15 is 0 Å². The molecule has 0 saturated carbocycles. The van der Waals surface area contributed by atoms with Crippen LogP contribution in [0.5, 0.6) is 0 Å². The van der Waals surface area contributed by atoms with E-state index in [9.17, 15) is 4.39 Å². The van der Waals surface area contributed by atoms with Gasteiger partial charge in [-0.05, 0) is 37.1 Å². The van der Waals surface area contributed by atoms with Gasteiger partial charge in [-0.1, -0.05) is 6.92 Å². The first kappa shape index (κ1) is 13.7. The first-order chi connectivity index (χ1) is 9.22. The maximum atomic E-state index is 13.3. The number of nitrogens with zero attached hydrogens (tertiary/aromatic N) is 3. The van der Waals surface area contributed by atoms with E-state index in [2.05, 4.69) is 22.3 Å². The quantitative estimate of drug-likeness (QED) is 0.869. The number of aromatic nitrogens is 3. The third-order valence-corrected chi connectivity index (χ3v) is 3.03. The summed E-state index contributed by atoms with van der Waals surface area (Å²) in [7, 11) is 0. The van der Waals surface area contributed by atoms with Gasteiger partial charge in [0, 0.05) is 25.0 Å². The van der Waals surface area contributed by atoms with Crippen LogP contribution in [0.4, 0.5) is 4.39 Å². The lowest BCUT2D eigenvalue weighted by molar-refractivity contribution is 0.539. The summed E-state index contributed by atoms with van der Waals surface area (Å²) in [4.78, 5) is 3.91. The van der Waals surface area contributed by atoms with E-state index in [4.69, 9.17) is 0 Å². The van der Waals surface area contributed by atoms with Crippen molar-refractivity contribution in [3.63, 3.8) is 0 Å². The molecule has 0 saturated heterocycles. The Hall–Kier alpha value is -1.75. The molecule has 0 bridgehead atoms. The third-order valence-electron chi connectivity index (χ3n) is 3.03. The predicted molar refractivity (Wildman–Crippen MR) is 72.2 cm³/mol.